The molecule has 0 unspecified atom stereocenters. The van der Waals surface area contributed by atoms with Gasteiger partial charge >= 0.3 is 5.69 Å². The molecule has 20 heavy (non-hydrogen) atoms. The van der Waals surface area contributed by atoms with Gasteiger partial charge in [-0.15, -0.1) is 0 Å². The molecule has 4 nitrogen and oxygen atoms in total. The molecule has 1 aromatic heterocycles. The van der Waals surface area contributed by atoms with Crippen molar-refractivity contribution >= 4 is 0 Å². The minimum atomic E-state index is -0.149. The summed E-state index contributed by atoms with van der Waals surface area (Å²) in [5.74, 6) is 0. The molecule has 3 N–H and O–H groups in total. The highest BCUT2D eigenvalue weighted by Crippen LogP contribution is 2.20. The normalized spacial score (nSPS) is 10.7. The SMILES string of the molecule is NCc1ccc(-n2c(-c3ccccc3)c[nH]c2=O)cc1. The van der Waals surface area contributed by atoms with E-state index in [-0.39, 0.29) is 5.69 Å². The van der Waals surface area contributed by atoms with Crippen LogP contribution in [0.4, 0.5) is 0 Å². The summed E-state index contributed by atoms with van der Waals surface area (Å²) in [6, 6.07) is 17.5. The molecule has 0 amide bonds. The molecule has 0 fully saturated rings. The molecule has 2 aromatic carbocycles. The lowest BCUT2D eigenvalue weighted by Gasteiger charge is -2.08. The molecule has 0 saturated heterocycles. The van der Waals surface area contributed by atoms with E-state index in [1.807, 2.05) is 54.6 Å². The van der Waals surface area contributed by atoms with Gasteiger partial charge in [0.1, 0.15) is 0 Å². The molecule has 0 bridgehead atoms. The number of hydrogen-bond donors (Lipinski definition) is 2. The zero-order chi connectivity index (χ0) is 13.9. The lowest BCUT2D eigenvalue weighted by Crippen LogP contribution is -2.15. The Bertz CT molecular complexity index is 754. The summed E-state index contributed by atoms with van der Waals surface area (Å²) < 4.78 is 1.66. The molecule has 0 saturated carbocycles. The third kappa shape index (κ3) is 2.17. The quantitative estimate of drug-likeness (QED) is 0.763. The first-order chi connectivity index (χ1) is 9.79. The van der Waals surface area contributed by atoms with E-state index in [9.17, 15) is 4.79 Å². The van der Waals surface area contributed by atoms with E-state index in [1.54, 1.807) is 10.8 Å². The Kier molecular flexibility index (Phi) is 3.23. The third-order valence-corrected chi connectivity index (χ3v) is 3.28. The summed E-state index contributed by atoms with van der Waals surface area (Å²) in [5.41, 5.74) is 9.15. The number of aromatic amines is 1. The van der Waals surface area contributed by atoms with Crippen LogP contribution in [0, 0.1) is 0 Å². The first kappa shape index (κ1) is 12.4. The molecular formula is C16H15N3O. The third-order valence-electron chi connectivity index (χ3n) is 3.28. The van der Waals surface area contributed by atoms with Crippen molar-refractivity contribution in [2.45, 2.75) is 6.54 Å². The Hall–Kier alpha value is -2.59. The monoisotopic (exact) mass is 265 g/mol. The number of aromatic nitrogens is 2. The van der Waals surface area contributed by atoms with Crippen LogP contribution >= 0.6 is 0 Å². The van der Waals surface area contributed by atoms with Crippen molar-refractivity contribution in [3.05, 3.63) is 76.8 Å². The molecule has 0 radical (unpaired) electrons. The molecule has 100 valence electrons. The van der Waals surface area contributed by atoms with Gasteiger partial charge in [0.05, 0.1) is 11.4 Å². The minimum Gasteiger partial charge on any atom is -0.326 e. The van der Waals surface area contributed by atoms with Gasteiger partial charge in [0.2, 0.25) is 0 Å². The number of rotatable bonds is 3. The van der Waals surface area contributed by atoms with Gasteiger partial charge in [0, 0.05) is 18.3 Å². The maximum atomic E-state index is 12.1. The van der Waals surface area contributed by atoms with Crippen LogP contribution in [0.15, 0.2) is 65.6 Å². The number of hydrogen-bond acceptors (Lipinski definition) is 2. The first-order valence-corrected chi connectivity index (χ1v) is 6.45. The summed E-state index contributed by atoms with van der Waals surface area (Å²) in [7, 11) is 0. The van der Waals surface area contributed by atoms with Crippen LogP contribution in [-0.2, 0) is 6.54 Å². The zero-order valence-corrected chi connectivity index (χ0v) is 10.9. The lowest BCUT2D eigenvalue weighted by molar-refractivity contribution is 0.986. The Morgan fingerprint density at radius 2 is 1.70 bits per heavy atom. The highest BCUT2D eigenvalue weighted by molar-refractivity contribution is 5.61. The van der Waals surface area contributed by atoms with Crippen LogP contribution in [0.2, 0.25) is 0 Å². The molecule has 0 atom stereocenters. The van der Waals surface area contributed by atoms with Crippen molar-refractivity contribution < 1.29 is 0 Å². The Labute approximate surface area is 116 Å². The van der Waals surface area contributed by atoms with Crippen molar-refractivity contribution in [2.75, 3.05) is 0 Å². The predicted molar refractivity (Wildman–Crippen MR) is 79.7 cm³/mol. The summed E-state index contributed by atoms with van der Waals surface area (Å²) in [6.07, 6.45) is 1.73. The van der Waals surface area contributed by atoms with E-state index in [1.165, 1.54) is 0 Å². The highest BCUT2D eigenvalue weighted by atomic mass is 16.1. The van der Waals surface area contributed by atoms with E-state index < -0.39 is 0 Å². The largest absolute Gasteiger partial charge is 0.330 e. The fourth-order valence-electron chi connectivity index (χ4n) is 2.23. The fourth-order valence-corrected chi connectivity index (χ4v) is 2.23. The van der Waals surface area contributed by atoms with Crippen LogP contribution in [0.5, 0.6) is 0 Å². The maximum Gasteiger partial charge on any atom is 0.330 e. The Morgan fingerprint density at radius 1 is 1.00 bits per heavy atom. The van der Waals surface area contributed by atoms with Crippen LogP contribution in [0.25, 0.3) is 16.9 Å². The summed E-state index contributed by atoms with van der Waals surface area (Å²) in [4.78, 5) is 14.8. The maximum absolute atomic E-state index is 12.1. The number of imidazole rings is 1. The minimum absolute atomic E-state index is 0.149. The van der Waals surface area contributed by atoms with Gasteiger partial charge in [-0.25, -0.2) is 4.79 Å². The molecule has 3 aromatic rings. The standard InChI is InChI=1S/C16H15N3O/c17-10-12-6-8-14(9-7-12)19-15(11-18-16(19)20)13-4-2-1-3-5-13/h1-9,11H,10,17H2,(H,18,20). The van der Waals surface area contributed by atoms with Gasteiger partial charge in [-0.3, -0.25) is 4.57 Å². The van der Waals surface area contributed by atoms with Crippen molar-refractivity contribution in [3.8, 4) is 16.9 Å². The van der Waals surface area contributed by atoms with E-state index >= 15 is 0 Å². The second kappa shape index (κ2) is 5.19. The number of H-pyrrole nitrogens is 1. The average molecular weight is 265 g/mol. The molecule has 0 aliphatic heterocycles. The highest BCUT2D eigenvalue weighted by Gasteiger charge is 2.09. The van der Waals surface area contributed by atoms with Gasteiger partial charge < -0.3 is 10.7 Å². The molecule has 0 aliphatic rings. The van der Waals surface area contributed by atoms with Crippen molar-refractivity contribution in [3.63, 3.8) is 0 Å². The Morgan fingerprint density at radius 3 is 2.35 bits per heavy atom. The van der Waals surface area contributed by atoms with Crippen LogP contribution in [0.3, 0.4) is 0 Å². The number of benzene rings is 2. The molecule has 4 heteroatoms. The predicted octanol–water partition coefficient (Wildman–Crippen LogP) is 2.29. The van der Waals surface area contributed by atoms with Gasteiger partial charge in [-0.2, -0.15) is 0 Å². The van der Waals surface area contributed by atoms with E-state index in [2.05, 4.69) is 4.98 Å². The topological polar surface area (TPSA) is 63.8 Å². The number of nitrogens with one attached hydrogen (secondary N) is 1. The molecule has 0 aliphatic carbocycles. The molecular weight excluding hydrogens is 250 g/mol. The van der Waals surface area contributed by atoms with Crippen molar-refractivity contribution in [1.29, 1.82) is 0 Å². The lowest BCUT2D eigenvalue weighted by atomic mass is 10.1. The molecule has 1 heterocycles. The second-order valence-electron chi connectivity index (χ2n) is 4.55. The summed E-state index contributed by atoms with van der Waals surface area (Å²) >= 11 is 0. The molecule has 0 spiro atoms. The summed E-state index contributed by atoms with van der Waals surface area (Å²) in [5, 5.41) is 0. The molecule has 3 rings (SSSR count). The van der Waals surface area contributed by atoms with E-state index in [4.69, 9.17) is 5.73 Å². The Balaban J connectivity index is 2.14. The number of nitrogens with zero attached hydrogens (tertiary/aromatic N) is 1. The van der Waals surface area contributed by atoms with E-state index in [0.717, 1.165) is 22.5 Å². The van der Waals surface area contributed by atoms with Crippen molar-refractivity contribution in [2.24, 2.45) is 5.73 Å². The van der Waals surface area contributed by atoms with Crippen LogP contribution in [-0.4, -0.2) is 9.55 Å². The smallest absolute Gasteiger partial charge is 0.326 e. The second-order valence-corrected chi connectivity index (χ2v) is 4.55. The fraction of sp³-hybridized carbons (Fsp3) is 0.0625. The average Bonchev–Trinajstić information content (AvgIpc) is 2.90. The van der Waals surface area contributed by atoms with Crippen molar-refractivity contribution in [1.82, 2.24) is 9.55 Å². The van der Waals surface area contributed by atoms with Gasteiger partial charge in [0.15, 0.2) is 0 Å². The van der Waals surface area contributed by atoms with Gasteiger partial charge in [0.25, 0.3) is 0 Å². The number of nitrogens with two attached hydrogens (primary N) is 1. The van der Waals surface area contributed by atoms with Gasteiger partial charge in [-0.05, 0) is 17.7 Å². The summed E-state index contributed by atoms with van der Waals surface area (Å²) in [6.45, 7) is 0.494. The zero-order valence-electron chi connectivity index (χ0n) is 10.9. The van der Waals surface area contributed by atoms with Gasteiger partial charge in [-0.1, -0.05) is 42.5 Å². The van der Waals surface area contributed by atoms with Crippen LogP contribution in [0.1, 0.15) is 5.56 Å². The van der Waals surface area contributed by atoms with E-state index in [0.29, 0.717) is 6.54 Å². The first-order valence-electron chi connectivity index (χ1n) is 6.45. The van der Waals surface area contributed by atoms with Crippen LogP contribution < -0.4 is 11.4 Å².